The molecular formula is C76H118F2I2N4O2. The summed E-state index contributed by atoms with van der Waals surface area (Å²) in [7, 11) is 0. The minimum absolute atomic E-state index is 0.261. The number of aromatic nitrogens is 4. The summed E-state index contributed by atoms with van der Waals surface area (Å²) in [4.78, 5) is 0. The van der Waals surface area contributed by atoms with Crippen LogP contribution in [0.3, 0.4) is 0 Å². The van der Waals surface area contributed by atoms with E-state index in [0.717, 1.165) is 106 Å². The molecule has 482 valence electrons. The first-order chi connectivity index (χ1) is 42.3. The summed E-state index contributed by atoms with van der Waals surface area (Å²) in [5, 5.41) is 18.2. The number of halogens is 4. The summed E-state index contributed by atoms with van der Waals surface area (Å²) < 4.78 is 52.8. The molecule has 0 radical (unpaired) electrons. The molecule has 86 heavy (non-hydrogen) atoms. The third kappa shape index (κ3) is 19.4. The Morgan fingerprint density at radius 1 is 0.291 bits per heavy atom. The van der Waals surface area contributed by atoms with Crippen LogP contribution in [0.5, 0.6) is 0 Å². The number of fused-ring (bicyclic) bond motifs is 10. The number of nitrogens with zero attached hydrogens (tertiary/aromatic N) is 4. The lowest BCUT2D eigenvalue weighted by Crippen LogP contribution is -2.29. The van der Waals surface area contributed by atoms with E-state index in [1.54, 1.807) is 0 Å². The molecule has 0 atom stereocenters. The predicted molar refractivity (Wildman–Crippen MR) is 378 cm³/mol. The van der Waals surface area contributed by atoms with Crippen molar-refractivity contribution >= 4 is 67.2 Å². The highest BCUT2D eigenvalue weighted by Crippen LogP contribution is 2.65. The molecule has 0 spiro atoms. The zero-order chi connectivity index (χ0) is 60.7. The van der Waals surface area contributed by atoms with E-state index < -0.39 is 10.8 Å². The Balaban J connectivity index is 1.24. The second kappa shape index (κ2) is 39.9. The fraction of sp³-hybridized carbons (Fsp3) is 0.763. The number of rotatable bonds is 52. The summed E-state index contributed by atoms with van der Waals surface area (Å²) in [6.45, 7) is 9.16. The minimum Gasteiger partial charge on any atom is -0.243 e. The van der Waals surface area contributed by atoms with Gasteiger partial charge in [-0.15, -0.1) is 0 Å². The van der Waals surface area contributed by atoms with Gasteiger partial charge in [0, 0.05) is 51.4 Å². The summed E-state index contributed by atoms with van der Waals surface area (Å²) in [5.41, 5.74) is 6.32. The van der Waals surface area contributed by atoms with Gasteiger partial charge in [0.05, 0.1) is 0 Å². The van der Waals surface area contributed by atoms with Crippen molar-refractivity contribution in [3.63, 3.8) is 0 Å². The van der Waals surface area contributed by atoms with E-state index in [1.807, 2.05) is 0 Å². The summed E-state index contributed by atoms with van der Waals surface area (Å²) in [6, 6.07) is 4.46. The quantitative estimate of drug-likeness (QED) is 0.0285. The van der Waals surface area contributed by atoms with Crippen molar-refractivity contribution in [2.45, 2.75) is 372 Å². The van der Waals surface area contributed by atoms with Crippen LogP contribution in [0.25, 0.3) is 44.3 Å². The van der Waals surface area contributed by atoms with E-state index in [9.17, 15) is 0 Å². The topological polar surface area (TPSA) is 77.8 Å². The molecule has 0 amide bonds. The van der Waals surface area contributed by atoms with Gasteiger partial charge in [-0.2, -0.15) is 0 Å². The second-order valence-corrected chi connectivity index (χ2v) is 29.7. The van der Waals surface area contributed by atoms with Gasteiger partial charge in [-0.1, -0.05) is 336 Å². The molecule has 2 aromatic heterocycles. The van der Waals surface area contributed by atoms with Crippen molar-refractivity contribution in [3.05, 3.63) is 53.2 Å². The highest BCUT2D eigenvalue weighted by Gasteiger charge is 2.55. The molecule has 0 aliphatic heterocycles. The number of unbranched alkanes of at least 4 members (excludes halogenated alkanes) is 44. The van der Waals surface area contributed by atoms with Crippen LogP contribution < -0.4 is 0 Å². The van der Waals surface area contributed by atoms with Crippen molar-refractivity contribution < 1.29 is 18.0 Å². The first kappa shape index (κ1) is 71.2. The van der Waals surface area contributed by atoms with Gasteiger partial charge in [-0.25, -0.2) is 18.0 Å². The fourth-order valence-corrected chi connectivity index (χ4v) is 17.1. The molecule has 6 nitrogen and oxygen atoms in total. The highest BCUT2D eigenvalue weighted by molar-refractivity contribution is 14.1. The smallest absolute Gasteiger partial charge is 0.149 e. The lowest BCUT2D eigenvalue weighted by atomic mass is 9.68. The molecule has 0 N–H and O–H groups in total. The predicted octanol–water partition coefficient (Wildman–Crippen LogP) is 27.1. The molecule has 3 aromatic carbocycles. The molecule has 0 unspecified atom stereocenters. The Morgan fingerprint density at radius 2 is 0.488 bits per heavy atom. The maximum absolute atomic E-state index is 19.8. The molecular weight excluding hydrogens is 1290 g/mol. The summed E-state index contributed by atoms with van der Waals surface area (Å²) in [6.07, 6.45) is 63.2. The van der Waals surface area contributed by atoms with Crippen molar-refractivity contribution in [1.82, 2.24) is 20.6 Å². The van der Waals surface area contributed by atoms with Crippen molar-refractivity contribution in [2.24, 2.45) is 0 Å². The normalized spacial score (nSPS) is 13.9. The average Bonchev–Trinajstić information content (AvgIpc) is 1.52. The number of hydrogen-bond acceptors (Lipinski definition) is 6. The Kier molecular flexibility index (Phi) is 33.1. The monoisotopic (exact) mass is 1410 g/mol. The molecule has 0 fully saturated rings. The van der Waals surface area contributed by atoms with E-state index in [2.05, 4.69) is 106 Å². The van der Waals surface area contributed by atoms with Crippen molar-refractivity contribution in [2.75, 3.05) is 0 Å². The van der Waals surface area contributed by atoms with Gasteiger partial charge in [0.15, 0.2) is 0 Å². The van der Waals surface area contributed by atoms with Gasteiger partial charge in [0.2, 0.25) is 0 Å². The van der Waals surface area contributed by atoms with Crippen LogP contribution >= 0.6 is 45.2 Å². The molecule has 2 aliphatic carbocycles. The Morgan fingerprint density at radius 3 is 0.709 bits per heavy atom. The van der Waals surface area contributed by atoms with E-state index in [1.165, 1.54) is 257 Å². The average molecular weight is 1410 g/mol. The third-order valence-corrected chi connectivity index (χ3v) is 22.3. The molecule has 7 rings (SSSR count). The van der Waals surface area contributed by atoms with Gasteiger partial charge >= 0.3 is 0 Å². The Bertz CT molecular complexity index is 2460. The van der Waals surface area contributed by atoms with E-state index in [0.29, 0.717) is 44.3 Å². The maximum atomic E-state index is 19.8. The van der Waals surface area contributed by atoms with Gasteiger partial charge in [-0.3, -0.25) is 0 Å². The van der Waals surface area contributed by atoms with Crippen LogP contribution in [0.2, 0.25) is 0 Å². The first-order valence-electron chi connectivity index (χ1n) is 36.8. The number of hydrogen-bond donors (Lipinski definition) is 0. The molecule has 2 heterocycles. The standard InChI is InChI=1S/C76H118F2I2N4O2/c1-5-9-13-17-21-25-29-33-37-41-45-49-53-75(54-50-46-42-38-34-30-26-22-18-14-10-6-2)59-57-61(79)71-73(83-85-81-71)63(59)65-67(75)69(77)66-64-60(58-62(80)72-74(64)84-86-82-72)76(68(66)70(65)78,55-51-47-43-39-35-31-27-23-19-15-11-7-3)56-52-48-44-40-36-32-28-24-20-16-12-8-4/h57-58H,5-56H2,1-4H3. The Hall–Kier alpha value is -2.22. The van der Waals surface area contributed by atoms with Crippen LogP contribution in [0.1, 0.15) is 384 Å². The third-order valence-electron chi connectivity index (χ3n) is 20.7. The van der Waals surface area contributed by atoms with Gasteiger partial charge in [0.25, 0.3) is 0 Å². The van der Waals surface area contributed by atoms with Gasteiger partial charge in [-0.05, 0) is 115 Å². The fourth-order valence-electron chi connectivity index (χ4n) is 15.8. The molecule has 2 aliphatic rings. The summed E-state index contributed by atoms with van der Waals surface area (Å²) in [5.74, 6) is -0.522. The Labute approximate surface area is 549 Å². The van der Waals surface area contributed by atoms with Crippen LogP contribution in [-0.2, 0) is 10.8 Å². The van der Waals surface area contributed by atoms with E-state index in [4.69, 9.17) is 9.26 Å². The lowest BCUT2D eigenvalue weighted by Gasteiger charge is -2.35. The van der Waals surface area contributed by atoms with Crippen LogP contribution in [0, 0.1) is 18.8 Å². The number of benzene rings is 3. The summed E-state index contributed by atoms with van der Waals surface area (Å²) >= 11 is 4.76. The largest absolute Gasteiger partial charge is 0.243 e. The zero-order valence-electron chi connectivity index (χ0n) is 55.0. The maximum Gasteiger partial charge on any atom is 0.149 e. The highest BCUT2D eigenvalue weighted by atomic mass is 127. The van der Waals surface area contributed by atoms with Crippen LogP contribution in [-0.4, -0.2) is 20.6 Å². The van der Waals surface area contributed by atoms with Crippen molar-refractivity contribution in [1.29, 1.82) is 0 Å². The van der Waals surface area contributed by atoms with E-state index in [-0.39, 0.29) is 11.6 Å². The van der Waals surface area contributed by atoms with Crippen LogP contribution in [0.4, 0.5) is 8.78 Å². The SMILES string of the molecule is CCCCCCCCCCCCCCC1(CCCCCCCCCCCCCC)c2cc(I)c3nonc3c2-c2c(F)c3c(c(F)c21)-c1c(cc(I)c2nonc12)C3(CCCCCCCCCCCCCC)CCCCCCCCCCCCCC. The second-order valence-electron chi connectivity index (χ2n) is 27.3. The molecule has 10 heteroatoms. The first-order valence-corrected chi connectivity index (χ1v) is 38.9. The lowest BCUT2D eigenvalue weighted by molar-refractivity contribution is 0.315. The minimum atomic E-state index is -0.754. The zero-order valence-corrected chi connectivity index (χ0v) is 59.4. The van der Waals surface area contributed by atoms with Crippen molar-refractivity contribution in [3.8, 4) is 22.3 Å². The van der Waals surface area contributed by atoms with Gasteiger partial charge < -0.3 is 0 Å². The molecule has 0 bridgehead atoms. The molecule has 5 aromatic rings. The van der Waals surface area contributed by atoms with Crippen LogP contribution in [0.15, 0.2) is 21.4 Å². The molecule has 0 saturated heterocycles. The van der Waals surface area contributed by atoms with E-state index >= 15 is 8.78 Å². The molecule has 0 saturated carbocycles. The van der Waals surface area contributed by atoms with Gasteiger partial charge in [0.1, 0.15) is 33.7 Å².